The van der Waals surface area contributed by atoms with Gasteiger partial charge in [-0.25, -0.2) is 0 Å². The maximum Gasteiger partial charge on any atom is 0.0434 e. The van der Waals surface area contributed by atoms with Crippen molar-refractivity contribution in [3.8, 4) is 0 Å². The van der Waals surface area contributed by atoms with Crippen molar-refractivity contribution in [1.82, 2.24) is 4.90 Å². The summed E-state index contributed by atoms with van der Waals surface area (Å²) < 4.78 is 0. The molecule has 1 saturated heterocycles. The summed E-state index contributed by atoms with van der Waals surface area (Å²) in [6.45, 7) is 5.31. The molecule has 0 spiro atoms. The Morgan fingerprint density at radius 1 is 1.38 bits per heavy atom. The van der Waals surface area contributed by atoms with Crippen molar-refractivity contribution in [3.05, 3.63) is 10.6 Å². The van der Waals surface area contributed by atoms with Gasteiger partial charge in [0.2, 0.25) is 0 Å². The monoisotopic (exact) mass is 221 g/mol. The zero-order chi connectivity index (χ0) is 9.84. The Morgan fingerprint density at radius 3 is 2.38 bits per heavy atom. The highest BCUT2D eigenvalue weighted by atomic mass is 35.5. The van der Waals surface area contributed by atoms with Crippen molar-refractivity contribution in [2.45, 2.75) is 45.2 Å². The van der Waals surface area contributed by atoms with Crippen LogP contribution in [0, 0.1) is 0 Å². The van der Waals surface area contributed by atoms with Gasteiger partial charge in [-0.1, -0.05) is 29.6 Å². The molecule has 2 atom stereocenters. The molecule has 0 aromatic rings. The Labute approximate surface area is 90.7 Å². The molecule has 0 aromatic carbocycles. The van der Waals surface area contributed by atoms with Crippen molar-refractivity contribution >= 4 is 23.2 Å². The molecule has 1 fully saturated rings. The third-order valence-electron chi connectivity index (χ3n) is 2.83. The van der Waals surface area contributed by atoms with E-state index in [4.69, 9.17) is 23.2 Å². The van der Waals surface area contributed by atoms with Gasteiger partial charge in [0.25, 0.3) is 0 Å². The summed E-state index contributed by atoms with van der Waals surface area (Å²) in [6, 6.07) is 1.27. The summed E-state index contributed by atoms with van der Waals surface area (Å²) >= 11 is 11.5. The molecule has 3 heteroatoms. The fourth-order valence-corrected chi connectivity index (χ4v) is 2.20. The zero-order valence-corrected chi connectivity index (χ0v) is 9.78. The zero-order valence-electron chi connectivity index (χ0n) is 8.26. The normalized spacial score (nSPS) is 32.2. The lowest BCUT2D eigenvalue weighted by molar-refractivity contribution is 0.117. The first-order valence-corrected chi connectivity index (χ1v) is 5.67. The Morgan fingerprint density at radius 2 is 1.92 bits per heavy atom. The smallest absolute Gasteiger partial charge is 0.0434 e. The number of piperidine rings is 1. The molecule has 0 N–H and O–H groups in total. The minimum absolute atomic E-state index is 0.633. The van der Waals surface area contributed by atoms with Gasteiger partial charge in [0.15, 0.2) is 0 Å². The summed E-state index contributed by atoms with van der Waals surface area (Å²) in [7, 11) is 0. The van der Waals surface area contributed by atoms with Gasteiger partial charge < -0.3 is 0 Å². The topological polar surface area (TPSA) is 3.24 Å². The Balaban J connectivity index is 2.53. The van der Waals surface area contributed by atoms with Gasteiger partial charge in [0, 0.05) is 29.2 Å². The molecule has 1 rings (SSSR count). The molecule has 1 heterocycles. The lowest BCUT2D eigenvalue weighted by Crippen LogP contribution is -2.44. The van der Waals surface area contributed by atoms with Crippen molar-refractivity contribution < 1.29 is 0 Å². The molecule has 1 aliphatic heterocycles. The maximum absolute atomic E-state index is 5.92. The second-order valence-electron chi connectivity index (χ2n) is 3.86. The van der Waals surface area contributed by atoms with Crippen LogP contribution in [0.2, 0.25) is 0 Å². The van der Waals surface area contributed by atoms with Crippen LogP contribution in [0.15, 0.2) is 10.6 Å². The van der Waals surface area contributed by atoms with Crippen LogP contribution in [0.1, 0.15) is 33.1 Å². The summed E-state index contributed by atoms with van der Waals surface area (Å²) in [4.78, 5) is 2.42. The van der Waals surface area contributed by atoms with Gasteiger partial charge in [0.05, 0.1) is 0 Å². The third-order valence-corrected chi connectivity index (χ3v) is 3.43. The molecule has 0 saturated carbocycles. The van der Waals surface area contributed by atoms with E-state index < -0.39 is 0 Å². The van der Waals surface area contributed by atoms with E-state index >= 15 is 0 Å². The van der Waals surface area contributed by atoms with Gasteiger partial charge in [-0.15, -0.1) is 0 Å². The van der Waals surface area contributed by atoms with E-state index in [-0.39, 0.29) is 0 Å². The van der Waals surface area contributed by atoms with E-state index in [0.717, 1.165) is 11.6 Å². The summed E-state index contributed by atoms with van der Waals surface area (Å²) in [5, 5.41) is 0.738. The van der Waals surface area contributed by atoms with Crippen LogP contribution in [0.5, 0.6) is 0 Å². The van der Waals surface area contributed by atoms with Crippen molar-refractivity contribution in [2.24, 2.45) is 0 Å². The van der Waals surface area contributed by atoms with Gasteiger partial charge in [-0.05, 0) is 26.7 Å². The van der Waals surface area contributed by atoms with Crippen LogP contribution in [0.3, 0.4) is 0 Å². The average Bonchev–Trinajstić information content (AvgIpc) is 2.11. The van der Waals surface area contributed by atoms with Gasteiger partial charge in [0.1, 0.15) is 0 Å². The predicted octanol–water partition coefficient (Wildman–Crippen LogP) is 3.57. The highest BCUT2D eigenvalue weighted by Gasteiger charge is 2.24. The lowest BCUT2D eigenvalue weighted by Gasteiger charge is -2.38. The van der Waals surface area contributed by atoms with Gasteiger partial charge in [-0.3, -0.25) is 4.90 Å². The molecule has 0 amide bonds. The minimum Gasteiger partial charge on any atom is -0.293 e. The number of likely N-dealkylation sites (tertiary alicyclic amines) is 1. The van der Waals surface area contributed by atoms with E-state index in [1.807, 2.05) is 0 Å². The average molecular weight is 222 g/mol. The highest BCUT2D eigenvalue weighted by Crippen LogP contribution is 2.24. The highest BCUT2D eigenvalue weighted by molar-refractivity contribution is 6.36. The summed E-state index contributed by atoms with van der Waals surface area (Å²) in [5.74, 6) is 0. The molecular weight excluding hydrogens is 205 g/mol. The van der Waals surface area contributed by atoms with E-state index in [2.05, 4.69) is 18.7 Å². The number of rotatable bonds is 2. The van der Waals surface area contributed by atoms with E-state index in [9.17, 15) is 0 Å². The molecule has 1 nitrogen and oxygen atoms in total. The van der Waals surface area contributed by atoms with Gasteiger partial charge >= 0.3 is 0 Å². The molecule has 0 aliphatic carbocycles. The third kappa shape index (κ3) is 3.16. The van der Waals surface area contributed by atoms with Crippen molar-refractivity contribution in [3.63, 3.8) is 0 Å². The molecule has 76 valence electrons. The number of hydrogen-bond acceptors (Lipinski definition) is 1. The molecular formula is C10H17Cl2N. The minimum atomic E-state index is 0.633. The number of nitrogens with zero attached hydrogens (tertiary/aromatic N) is 1. The maximum atomic E-state index is 5.92. The van der Waals surface area contributed by atoms with Crippen LogP contribution < -0.4 is 0 Å². The molecule has 0 unspecified atom stereocenters. The fourth-order valence-electron chi connectivity index (χ4n) is 2.00. The second-order valence-corrected chi connectivity index (χ2v) is 4.56. The first-order valence-electron chi connectivity index (χ1n) is 4.85. The molecule has 0 aromatic heterocycles. The first-order chi connectivity index (χ1) is 6.15. The van der Waals surface area contributed by atoms with Gasteiger partial charge in [-0.2, -0.15) is 0 Å². The second kappa shape index (κ2) is 5.23. The predicted molar refractivity (Wildman–Crippen MR) is 59.3 cm³/mol. The number of hydrogen-bond donors (Lipinski definition) is 0. The van der Waals surface area contributed by atoms with Crippen molar-refractivity contribution in [1.29, 1.82) is 0 Å². The quantitative estimate of drug-likeness (QED) is 0.690. The number of halogens is 2. The molecule has 0 radical (unpaired) electrons. The Bertz CT molecular complexity index is 181. The summed E-state index contributed by atoms with van der Waals surface area (Å²) in [6.07, 6.45) is 3.88. The first kappa shape index (κ1) is 11.4. The fraction of sp³-hybridized carbons (Fsp3) is 0.800. The van der Waals surface area contributed by atoms with E-state index in [1.54, 1.807) is 0 Å². The largest absolute Gasteiger partial charge is 0.293 e. The van der Waals surface area contributed by atoms with Crippen LogP contribution >= 0.6 is 23.2 Å². The molecule has 13 heavy (non-hydrogen) atoms. The van der Waals surface area contributed by atoms with Crippen LogP contribution in [-0.2, 0) is 0 Å². The molecule has 0 bridgehead atoms. The van der Waals surface area contributed by atoms with Crippen LogP contribution in [-0.4, -0.2) is 23.5 Å². The van der Waals surface area contributed by atoms with E-state index in [0.29, 0.717) is 12.1 Å². The SMILES string of the molecule is C[C@@H]1CCC[C@H](C)N1C/C(Cl)=C/Cl. The standard InChI is InChI=1S/C10H17Cl2N/c1-8-4-3-5-9(2)13(8)7-10(12)6-11/h6,8-9H,3-5,7H2,1-2H3/b10-6-/t8-,9+. The Hall–Kier alpha value is 0.280. The Kier molecular flexibility index (Phi) is 4.57. The molecule has 1 aliphatic rings. The summed E-state index contributed by atoms with van der Waals surface area (Å²) in [5.41, 5.74) is 1.47. The van der Waals surface area contributed by atoms with Crippen LogP contribution in [0.4, 0.5) is 0 Å². The lowest BCUT2D eigenvalue weighted by atomic mass is 9.98. The van der Waals surface area contributed by atoms with Crippen molar-refractivity contribution in [2.75, 3.05) is 6.54 Å². The van der Waals surface area contributed by atoms with E-state index in [1.165, 1.54) is 24.8 Å². The van der Waals surface area contributed by atoms with Crippen LogP contribution in [0.25, 0.3) is 0 Å².